The zero-order chi connectivity index (χ0) is 7.23. The van der Waals surface area contributed by atoms with Gasteiger partial charge in [0.15, 0.2) is 0 Å². The van der Waals surface area contributed by atoms with Gasteiger partial charge in [-0.3, -0.25) is 0 Å². The summed E-state index contributed by atoms with van der Waals surface area (Å²) in [6.07, 6.45) is 8.51. The van der Waals surface area contributed by atoms with Crippen LogP contribution >= 0.6 is 0 Å². The van der Waals surface area contributed by atoms with Crippen LogP contribution in [0, 0.1) is 13.0 Å². The molecule has 0 saturated heterocycles. The van der Waals surface area contributed by atoms with Crippen LogP contribution in [0.5, 0.6) is 0 Å². The molecule has 1 aliphatic carbocycles. The highest BCUT2D eigenvalue weighted by molar-refractivity contribution is 4.66. The SMILES string of the molecule is [CH2-][OH+]CCCC1CCCC1. The van der Waals surface area contributed by atoms with Crippen molar-refractivity contribution in [3.05, 3.63) is 7.11 Å². The first kappa shape index (κ1) is 8.06. The van der Waals surface area contributed by atoms with Gasteiger partial charge in [0, 0.05) is 6.42 Å². The van der Waals surface area contributed by atoms with E-state index >= 15 is 0 Å². The molecule has 1 fully saturated rings. The lowest BCUT2D eigenvalue weighted by atomic mass is 10.0. The van der Waals surface area contributed by atoms with Crippen LogP contribution in [-0.4, -0.2) is 11.3 Å². The van der Waals surface area contributed by atoms with Crippen LogP contribution < -0.4 is 0 Å². The van der Waals surface area contributed by atoms with E-state index in [0.29, 0.717) is 0 Å². The smallest absolute Gasteiger partial charge is 0.119 e. The predicted octanol–water partition coefficient (Wildman–Crippen LogP) is 2.28. The van der Waals surface area contributed by atoms with Gasteiger partial charge in [0.1, 0.15) is 6.61 Å². The number of aliphatic hydroxyl groups is 2. The summed E-state index contributed by atoms with van der Waals surface area (Å²) in [5.74, 6) is 1.03. The maximum absolute atomic E-state index is 3.85. The lowest BCUT2D eigenvalue weighted by Gasteiger charge is -2.06. The van der Waals surface area contributed by atoms with E-state index in [4.69, 9.17) is 0 Å². The molecular weight excluding hydrogens is 124 g/mol. The van der Waals surface area contributed by atoms with Crippen molar-refractivity contribution < 1.29 is 4.74 Å². The van der Waals surface area contributed by atoms with Crippen molar-refractivity contribution in [1.29, 1.82) is 0 Å². The minimum Gasteiger partial charge on any atom is -0.582 e. The fraction of sp³-hybridized carbons (Fsp3) is 0.889. The van der Waals surface area contributed by atoms with E-state index in [9.17, 15) is 0 Å². The van der Waals surface area contributed by atoms with Gasteiger partial charge in [-0.15, -0.1) is 0 Å². The maximum atomic E-state index is 3.85. The van der Waals surface area contributed by atoms with E-state index < -0.39 is 0 Å². The van der Waals surface area contributed by atoms with E-state index in [2.05, 4.69) is 11.8 Å². The molecule has 1 nitrogen and oxygen atoms in total. The highest BCUT2D eigenvalue weighted by Gasteiger charge is 2.13. The third-order valence-electron chi connectivity index (χ3n) is 2.40. The number of ether oxygens (including phenoxy) is 1. The molecule has 0 amide bonds. The Balaban J connectivity index is 1.91. The molecule has 1 aliphatic rings. The van der Waals surface area contributed by atoms with Gasteiger partial charge in [0.05, 0.1) is 0 Å². The van der Waals surface area contributed by atoms with Crippen LogP contribution in [0.2, 0.25) is 0 Å². The molecule has 0 unspecified atom stereocenters. The minimum atomic E-state index is 0.969. The van der Waals surface area contributed by atoms with Gasteiger partial charge in [0.2, 0.25) is 0 Å². The number of hydrogen-bond donors (Lipinski definition) is 0. The van der Waals surface area contributed by atoms with Crippen LogP contribution in [-0.2, 0) is 0 Å². The van der Waals surface area contributed by atoms with E-state index in [1.165, 1.54) is 38.5 Å². The molecule has 1 heteroatoms. The molecule has 0 aromatic carbocycles. The molecule has 1 rings (SSSR count). The summed E-state index contributed by atoms with van der Waals surface area (Å²) >= 11 is 0. The Hall–Kier alpha value is -0.0400. The van der Waals surface area contributed by atoms with Crippen molar-refractivity contribution >= 4 is 0 Å². The second kappa shape index (κ2) is 4.73. The number of hydrogen-bond acceptors (Lipinski definition) is 0. The zero-order valence-electron chi connectivity index (χ0n) is 6.68. The fourth-order valence-corrected chi connectivity index (χ4v) is 1.79. The molecular formula is C9H18O. The topological polar surface area (TPSA) is 12.8 Å². The first-order chi connectivity index (χ1) is 4.93. The van der Waals surface area contributed by atoms with Crippen molar-refractivity contribution in [3.8, 4) is 0 Å². The molecule has 10 heavy (non-hydrogen) atoms. The second-order valence-electron chi connectivity index (χ2n) is 3.24. The van der Waals surface area contributed by atoms with E-state index in [-0.39, 0.29) is 0 Å². The molecule has 0 bridgehead atoms. The summed E-state index contributed by atoms with van der Waals surface area (Å²) in [5, 5.41) is 0. The van der Waals surface area contributed by atoms with Crippen molar-refractivity contribution in [2.24, 2.45) is 5.92 Å². The summed E-state index contributed by atoms with van der Waals surface area (Å²) in [5.41, 5.74) is 0. The average Bonchev–Trinajstić information content (AvgIpc) is 2.41. The maximum Gasteiger partial charge on any atom is 0.119 e. The van der Waals surface area contributed by atoms with Gasteiger partial charge in [-0.05, 0) is 12.3 Å². The largest absolute Gasteiger partial charge is 0.582 e. The summed E-state index contributed by atoms with van der Waals surface area (Å²) in [7, 11) is 3.47. The fourth-order valence-electron chi connectivity index (χ4n) is 1.79. The van der Waals surface area contributed by atoms with Crippen LogP contribution in [0.15, 0.2) is 0 Å². The molecule has 0 spiro atoms. The second-order valence-corrected chi connectivity index (χ2v) is 3.24. The Morgan fingerprint density at radius 3 is 2.60 bits per heavy atom. The molecule has 1 saturated carbocycles. The normalized spacial score (nSPS) is 20.1. The van der Waals surface area contributed by atoms with Crippen LogP contribution in [0.4, 0.5) is 0 Å². The van der Waals surface area contributed by atoms with Crippen molar-refractivity contribution in [2.45, 2.75) is 38.5 Å². The Morgan fingerprint density at radius 2 is 2.00 bits per heavy atom. The third-order valence-corrected chi connectivity index (χ3v) is 2.40. The Labute approximate surface area is 63.8 Å². The zero-order valence-corrected chi connectivity index (χ0v) is 6.68. The average molecular weight is 142 g/mol. The molecule has 0 heterocycles. The van der Waals surface area contributed by atoms with E-state index in [1.807, 2.05) is 0 Å². The van der Waals surface area contributed by atoms with Crippen LogP contribution in [0.3, 0.4) is 0 Å². The van der Waals surface area contributed by atoms with Gasteiger partial charge in [-0.1, -0.05) is 32.8 Å². The first-order valence-corrected chi connectivity index (χ1v) is 4.36. The van der Waals surface area contributed by atoms with Gasteiger partial charge in [-0.2, -0.15) is 0 Å². The Bertz CT molecular complexity index is 74.8. The summed E-state index contributed by atoms with van der Waals surface area (Å²) in [6.45, 7) is 0.969. The molecule has 0 aromatic rings. The van der Waals surface area contributed by atoms with Crippen LogP contribution in [0.1, 0.15) is 38.5 Å². The van der Waals surface area contributed by atoms with E-state index in [0.717, 1.165) is 12.5 Å². The highest BCUT2D eigenvalue weighted by atomic mass is 16.5. The molecule has 60 valence electrons. The standard InChI is InChI=1S/C9H18O/c1-10-8-4-7-9-5-2-3-6-9/h9-10H,1-8H2. The quantitative estimate of drug-likeness (QED) is 0.324. The number of rotatable bonds is 4. The lowest BCUT2D eigenvalue weighted by Crippen LogP contribution is -1.97. The molecule has 0 radical (unpaired) electrons. The van der Waals surface area contributed by atoms with Crippen molar-refractivity contribution in [2.75, 3.05) is 6.61 Å². The predicted molar refractivity (Wildman–Crippen MR) is 43.6 cm³/mol. The molecule has 0 atom stereocenters. The summed E-state index contributed by atoms with van der Waals surface area (Å²) < 4.78 is 3.85. The summed E-state index contributed by atoms with van der Waals surface area (Å²) in [6, 6.07) is 0. The van der Waals surface area contributed by atoms with Gasteiger partial charge in [0.25, 0.3) is 0 Å². The molecule has 0 aromatic heterocycles. The van der Waals surface area contributed by atoms with Crippen molar-refractivity contribution in [3.63, 3.8) is 0 Å². The van der Waals surface area contributed by atoms with Gasteiger partial charge >= 0.3 is 0 Å². The minimum absolute atomic E-state index is 0.969. The van der Waals surface area contributed by atoms with Gasteiger partial charge in [-0.25, -0.2) is 0 Å². The lowest BCUT2D eigenvalue weighted by molar-refractivity contribution is 0.0508. The first-order valence-electron chi connectivity index (χ1n) is 4.36. The Morgan fingerprint density at radius 1 is 1.30 bits per heavy atom. The molecule has 1 N–H and O–H groups in total. The third kappa shape index (κ3) is 2.70. The summed E-state index contributed by atoms with van der Waals surface area (Å²) in [4.78, 5) is 0. The van der Waals surface area contributed by atoms with Crippen LogP contribution in [0.25, 0.3) is 0 Å². The van der Waals surface area contributed by atoms with E-state index in [1.54, 1.807) is 0 Å². The Kier molecular flexibility index (Phi) is 3.81. The van der Waals surface area contributed by atoms with Crippen molar-refractivity contribution in [1.82, 2.24) is 0 Å². The monoisotopic (exact) mass is 142 g/mol. The highest BCUT2D eigenvalue weighted by Crippen LogP contribution is 2.28. The van der Waals surface area contributed by atoms with Gasteiger partial charge < -0.3 is 4.74 Å². The molecule has 0 aliphatic heterocycles.